The quantitative estimate of drug-likeness (QED) is 0.402. The molecule has 0 aromatic rings. The molecular weight excluding hydrogens is 374 g/mol. The average Bonchev–Trinajstić information content (AvgIpc) is 3.05. The van der Waals surface area contributed by atoms with Crippen LogP contribution < -0.4 is 5.32 Å². The lowest BCUT2D eigenvalue weighted by atomic mass is 9.47. The Bertz CT molecular complexity index is 647. The van der Waals surface area contributed by atoms with Crippen LogP contribution in [0.1, 0.15) is 119 Å². The van der Waals surface area contributed by atoms with Gasteiger partial charge in [-0.15, -0.1) is 0 Å². The van der Waals surface area contributed by atoms with E-state index >= 15 is 0 Å². The maximum Gasteiger partial charge on any atom is 0.0107 e. The SMILES string of the molecule is CC(C)CCCC(C)C1CCC2C3CC=C4CC(NC(C)C)CCC4(C)C3CCC12C. The van der Waals surface area contributed by atoms with Gasteiger partial charge < -0.3 is 5.32 Å². The van der Waals surface area contributed by atoms with Gasteiger partial charge in [0.15, 0.2) is 0 Å². The average molecular weight is 428 g/mol. The molecule has 178 valence electrons. The topological polar surface area (TPSA) is 12.0 Å². The fraction of sp³-hybridized carbons (Fsp3) is 0.933. The Morgan fingerprint density at radius 2 is 1.71 bits per heavy atom. The van der Waals surface area contributed by atoms with E-state index in [0.717, 1.165) is 35.5 Å². The van der Waals surface area contributed by atoms with Gasteiger partial charge in [0.25, 0.3) is 0 Å². The Labute approximate surface area is 194 Å². The number of allylic oxidation sites excluding steroid dienone is 1. The molecule has 0 spiro atoms. The molecule has 0 bridgehead atoms. The van der Waals surface area contributed by atoms with Gasteiger partial charge >= 0.3 is 0 Å². The second-order valence-corrected chi connectivity index (χ2v) is 13.6. The Morgan fingerprint density at radius 1 is 0.935 bits per heavy atom. The van der Waals surface area contributed by atoms with Crippen LogP contribution in [-0.2, 0) is 0 Å². The van der Waals surface area contributed by atoms with Crippen molar-refractivity contribution in [3.8, 4) is 0 Å². The molecule has 0 radical (unpaired) electrons. The monoisotopic (exact) mass is 427 g/mol. The predicted octanol–water partition coefficient (Wildman–Crippen LogP) is 8.39. The molecule has 4 aliphatic rings. The van der Waals surface area contributed by atoms with Crippen molar-refractivity contribution in [1.82, 2.24) is 5.32 Å². The van der Waals surface area contributed by atoms with E-state index in [1.54, 1.807) is 0 Å². The molecule has 4 aliphatic carbocycles. The van der Waals surface area contributed by atoms with Gasteiger partial charge in [0, 0.05) is 12.1 Å². The van der Waals surface area contributed by atoms with E-state index in [9.17, 15) is 0 Å². The standard InChI is InChI=1S/C30H53N/c1-20(2)9-8-10-22(5)26-13-14-27-25-12-11-23-19-24(31-21(3)4)15-17-29(23,6)28(25)16-18-30(26,27)7/h11,20-22,24-28,31H,8-10,12-19H2,1-7H3. The van der Waals surface area contributed by atoms with Crippen molar-refractivity contribution in [2.75, 3.05) is 0 Å². The van der Waals surface area contributed by atoms with Crippen molar-refractivity contribution in [1.29, 1.82) is 0 Å². The van der Waals surface area contributed by atoms with Crippen molar-refractivity contribution in [3.63, 3.8) is 0 Å². The van der Waals surface area contributed by atoms with Crippen LogP contribution in [0.5, 0.6) is 0 Å². The molecule has 3 fully saturated rings. The van der Waals surface area contributed by atoms with Crippen LogP contribution in [0, 0.1) is 46.3 Å². The maximum atomic E-state index is 3.85. The summed E-state index contributed by atoms with van der Waals surface area (Å²) < 4.78 is 0. The van der Waals surface area contributed by atoms with Gasteiger partial charge in [-0.3, -0.25) is 0 Å². The number of hydrogen-bond donors (Lipinski definition) is 1. The fourth-order valence-corrected chi connectivity index (χ4v) is 9.30. The summed E-state index contributed by atoms with van der Waals surface area (Å²) in [6, 6.07) is 1.33. The fourth-order valence-electron chi connectivity index (χ4n) is 9.30. The van der Waals surface area contributed by atoms with E-state index in [0.29, 0.717) is 22.9 Å². The highest BCUT2D eigenvalue weighted by Gasteiger charge is 2.59. The van der Waals surface area contributed by atoms with Crippen molar-refractivity contribution in [3.05, 3.63) is 11.6 Å². The highest BCUT2D eigenvalue weighted by atomic mass is 14.9. The molecule has 0 heterocycles. The predicted molar refractivity (Wildman–Crippen MR) is 135 cm³/mol. The summed E-state index contributed by atoms with van der Waals surface area (Å²) >= 11 is 0. The molecule has 1 nitrogen and oxygen atoms in total. The minimum absolute atomic E-state index is 0.500. The zero-order chi connectivity index (χ0) is 22.4. The molecule has 8 unspecified atom stereocenters. The first-order chi connectivity index (χ1) is 14.6. The lowest BCUT2D eigenvalue weighted by molar-refractivity contribution is -0.0516. The van der Waals surface area contributed by atoms with Crippen LogP contribution in [0.3, 0.4) is 0 Å². The first-order valence-electron chi connectivity index (χ1n) is 14.1. The van der Waals surface area contributed by atoms with Crippen molar-refractivity contribution >= 4 is 0 Å². The zero-order valence-electron chi connectivity index (χ0n) is 22.0. The lowest BCUT2D eigenvalue weighted by Gasteiger charge is -2.58. The Morgan fingerprint density at radius 3 is 2.42 bits per heavy atom. The van der Waals surface area contributed by atoms with Crippen LogP contribution in [0.15, 0.2) is 11.6 Å². The van der Waals surface area contributed by atoms with Gasteiger partial charge in [0.1, 0.15) is 0 Å². The van der Waals surface area contributed by atoms with Crippen molar-refractivity contribution < 1.29 is 0 Å². The molecule has 1 N–H and O–H groups in total. The third-order valence-corrected chi connectivity index (χ3v) is 10.9. The van der Waals surface area contributed by atoms with E-state index in [1.807, 2.05) is 5.57 Å². The summed E-state index contributed by atoms with van der Waals surface area (Å²) in [5.41, 5.74) is 2.95. The number of hydrogen-bond acceptors (Lipinski definition) is 1. The first kappa shape index (κ1) is 23.8. The van der Waals surface area contributed by atoms with Gasteiger partial charge in [-0.1, -0.05) is 79.4 Å². The smallest absolute Gasteiger partial charge is 0.0107 e. The van der Waals surface area contributed by atoms with Crippen molar-refractivity contribution in [2.45, 2.75) is 131 Å². The number of nitrogens with one attached hydrogen (secondary N) is 1. The Balaban J connectivity index is 1.46. The van der Waals surface area contributed by atoms with Crippen LogP contribution in [0.25, 0.3) is 0 Å². The van der Waals surface area contributed by atoms with Gasteiger partial charge in [-0.2, -0.15) is 0 Å². The van der Waals surface area contributed by atoms with E-state index in [1.165, 1.54) is 70.6 Å². The van der Waals surface area contributed by atoms with E-state index in [2.05, 4.69) is 59.9 Å². The second kappa shape index (κ2) is 9.15. The summed E-state index contributed by atoms with van der Waals surface area (Å²) in [7, 11) is 0. The minimum Gasteiger partial charge on any atom is -0.311 e. The molecule has 0 saturated heterocycles. The molecule has 0 aromatic heterocycles. The first-order valence-corrected chi connectivity index (χ1v) is 14.1. The van der Waals surface area contributed by atoms with E-state index in [4.69, 9.17) is 0 Å². The van der Waals surface area contributed by atoms with E-state index in [-0.39, 0.29) is 0 Å². The molecule has 0 amide bonds. The zero-order valence-corrected chi connectivity index (χ0v) is 22.0. The van der Waals surface area contributed by atoms with Gasteiger partial charge in [-0.05, 0) is 97.7 Å². The second-order valence-electron chi connectivity index (χ2n) is 13.6. The lowest BCUT2D eigenvalue weighted by Crippen LogP contribution is -2.52. The molecular formula is C30H53N. The minimum atomic E-state index is 0.500. The highest BCUT2D eigenvalue weighted by Crippen LogP contribution is 2.67. The van der Waals surface area contributed by atoms with Crippen LogP contribution in [-0.4, -0.2) is 12.1 Å². The maximum absolute atomic E-state index is 3.85. The number of fused-ring (bicyclic) bond motifs is 5. The molecule has 8 atom stereocenters. The molecule has 1 heteroatoms. The van der Waals surface area contributed by atoms with Crippen LogP contribution in [0.2, 0.25) is 0 Å². The Kier molecular flexibility index (Phi) is 7.04. The molecule has 3 saturated carbocycles. The third kappa shape index (κ3) is 4.43. The molecule has 4 rings (SSSR count). The van der Waals surface area contributed by atoms with Gasteiger partial charge in [0.2, 0.25) is 0 Å². The van der Waals surface area contributed by atoms with Crippen LogP contribution in [0.4, 0.5) is 0 Å². The third-order valence-electron chi connectivity index (χ3n) is 10.9. The van der Waals surface area contributed by atoms with Crippen LogP contribution >= 0.6 is 0 Å². The molecule has 31 heavy (non-hydrogen) atoms. The number of rotatable bonds is 7. The van der Waals surface area contributed by atoms with Gasteiger partial charge in [-0.25, -0.2) is 0 Å². The summed E-state index contributed by atoms with van der Waals surface area (Å²) in [5.74, 6) is 5.69. The van der Waals surface area contributed by atoms with E-state index < -0.39 is 0 Å². The molecule has 0 aromatic carbocycles. The largest absolute Gasteiger partial charge is 0.311 e. The summed E-state index contributed by atoms with van der Waals surface area (Å²) in [5, 5.41) is 3.85. The summed E-state index contributed by atoms with van der Waals surface area (Å²) in [6.07, 6.45) is 18.6. The van der Waals surface area contributed by atoms with Gasteiger partial charge in [0.05, 0.1) is 0 Å². The molecule has 0 aliphatic heterocycles. The summed E-state index contributed by atoms with van der Waals surface area (Å²) in [6.45, 7) is 17.4. The summed E-state index contributed by atoms with van der Waals surface area (Å²) in [4.78, 5) is 0. The highest BCUT2D eigenvalue weighted by molar-refractivity contribution is 5.26. The van der Waals surface area contributed by atoms with Crippen molar-refractivity contribution in [2.24, 2.45) is 46.3 Å². The normalized spacial score (nSPS) is 43.4. The Hall–Kier alpha value is -0.300.